The second-order valence-electron chi connectivity index (χ2n) is 3.61. The summed E-state index contributed by atoms with van der Waals surface area (Å²) in [6.07, 6.45) is 1.64. The predicted octanol–water partition coefficient (Wildman–Crippen LogP) is 4.75. The van der Waals surface area contributed by atoms with Crippen LogP contribution in [0, 0.1) is 3.57 Å². The second kappa shape index (κ2) is 4.31. The molecule has 0 bridgehead atoms. The summed E-state index contributed by atoms with van der Waals surface area (Å²) in [5, 5.41) is 0.585. The number of hydrogen-bond donors (Lipinski definition) is 0. The molecule has 1 aromatic carbocycles. The van der Waals surface area contributed by atoms with Crippen LogP contribution in [0.25, 0.3) is 22.4 Å². The average Bonchev–Trinajstić information content (AvgIpc) is 2.67. The molecule has 3 rings (SSSR count). The van der Waals surface area contributed by atoms with E-state index in [2.05, 4.69) is 27.6 Å². The quantitative estimate of drug-likeness (QED) is 0.589. The van der Waals surface area contributed by atoms with E-state index in [1.165, 1.54) is 0 Å². The van der Waals surface area contributed by atoms with Gasteiger partial charge in [-0.3, -0.25) is 4.98 Å². The highest BCUT2D eigenvalue weighted by Crippen LogP contribution is 2.34. The minimum atomic E-state index is 0.585. The average molecular weight is 356 g/mol. The number of fused-ring (bicyclic) bond motifs is 1. The first-order valence-electron chi connectivity index (χ1n) is 5.04. The first kappa shape index (κ1) is 11.0. The van der Waals surface area contributed by atoms with Crippen LogP contribution in [0.1, 0.15) is 0 Å². The summed E-state index contributed by atoms with van der Waals surface area (Å²) >= 11 is 8.15. The second-order valence-corrected chi connectivity index (χ2v) is 5.13. The van der Waals surface area contributed by atoms with Gasteiger partial charge in [0.1, 0.15) is 11.3 Å². The van der Waals surface area contributed by atoms with Crippen molar-refractivity contribution in [1.29, 1.82) is 0 Å². The van der Waals surface area contributed by atoms with Crippen molar-refractivity contribution >= 4 is 45.3 Å². The lowest BCUT2D eigenvalue weighted by atomic mass is 10.2. The first-order chi connectivity index (χ1) is 8.25. The van der Waals surface area contributed by atoms with E-state index < -0.39 is 0 Å². The number of rotatable bonds is 1. The molecule has 0 aliphatic rings. The molecule has 4 heteroatoms. The molecule has 2 aromatic heterocycles. The Labute approximate surface area is 117 Å². The van der Waals surface area contributed by atoms with E-state index in [-0.39, 0.29) is 0 Å². The maximum atomic E-state index is 5.90. The number of aromatic nitrogens is 1. The van der Waals surface area contributed by atoms with E-state index in [4.69, 9.17) is 16.0 Å². The zero-order valence-corrected chi connectivity index (χ0v) is 11.6. The maximum Gasteiger partial charge on any atom is 0.155 e. The Bertz CT molecular complexity index is 678. The maximum absolute atomic E-state index is 5.90. The molecule has 0 aliphatic carbocycles. The van der Waals surface area contributed by atoms with Crippen molar-refractivity contribution in [3.8, 4) is 11.3 Å². The van der Waals surface area contributed by atoms with Gasteiger partial charge in [0.25, 0.3) is 0 Å². The molecule has 0 aliphatic heterocycles. The van der Waals surface area contributed by atoms with Gasteiger partial charge >= 0.3 is 0 Å². The van der Waals surface area contributed by atoms with E-state index in [9.17, 15) is 0 Å². The van der Waals surface area contributed by atoms with Crippen molar-refractivity contribution in [2.24, 2.45) is 0 Å². The van der Waals surface area contributed by atoms with Crippen molar-refractivity contribution in [2.45, 2.75) is 0 Å². The van der Waals surface area contributed by atoms with Crippen molar-refractivity contribution in [1.82, 2.24) is 4.98 Å². The summed E-state index contributed by atoms with van der Waals surface area (Å²) in [4.78, 5) is 4.29. The summed E-state index contributed by atoms with van der Waals surface area (Å²) in [7, 11) is 0. The van der Waals surface area contributed by atoms with E-state index >= 15 is 0 Å². The van der Waals surface area contributed by atoms with Gasteiger partial charge in [-0.25, -0.2) is 0 Å². The van der Waals surface area contributed by atoms with Gasteiger partial charge in [0.2, 0.25) is 0 Å². The molecule has 0 radical (unpaired) electrons. The van der Waals surface area contributed by atoms with E-state index in [1.54, 1.807) is 12.3 Å². The van der Waals surface area contributed by atoms with Crippen LogP contribution in [-0.4, -0.2) is 4.98 Å². The minimum Gasteiger partial charge on any atom is -0.453 e. The van der Waals surface area contributed by atoms with E-state index in [1.807, 2.05) is 30.3 Å². The lowest BCUT2D eigenvalue weighted by Crippen LogP contribution is -1.77. The molecular formula is C13H7ClINO. The highest BCUT2D eigenvalue weighted by molar-refractivity contribution is 14.1. The molecule has 2 nitrogen and oxygen atoms in total. The fourth-order valence-electron chi connectivity index (χ4n) is 1.70. The van der Waals surface area contributed by atoms with Gasteiger partial charge in [-0.15, -0.1) is 0 Å². The van der Waals surface area contributed by atoms with Crippen LogP contribution < -0.4 is 0 Å². The molecule has 3 aromatic rings. The monoisotopic (exact) mass is 355 g/mol. The lowest BCUT2D eigenvalue weighted by molar-refractivity contribution is 0.629. The summed E-state index contributed by atoms with van der Waals surface area (Å²) in [5.41, 5.74) is 2.63. The molecule has 0 saturated heterocycles. The van der Waals surface area contributed by atoms with Gasteiger partial charge in [-0.05, 0) is 22.6 Å². The molecular weight excluding hydrogens is 349 g/mol. The van der Waals surface area contributed by atoms with Crippen molar-refractivity contribution in [3.63, 3.8) is 0 Å². The van der Waals surface area contributed by atoms with Crippen LogP contribution in [0.15, 0.2) is 47.0 Å². The third-order valence-corrected chi connectivity index (χ3v) is 3.68. The Kier molecular flexibility index (Phi) is 2.80. The fraction of sp³-hybridized carbons (Fsp3) is 0. The van der Waals surface area contributed by atoms with E-state index in [0.29, 0.717) is 5.02 Å². The van der Waals surface area contributed by atoms with Crippen LogP contribution in [0.3, 0.4) is 0 Å². The molecule has 0 N–H and O–H groups in total. The predicted molar refractivity (Wildman–Crippen MR) is 77.2 cm³/mol. The summed E-state index contributed by atoms with van der Waals surface area (Å²) in [5.74, 6) is 0.843. The molecule has 2 heterocycles. The number of furan rings is 1. The standard InChI is InChI=1S/C13H7ClINO/c14-9-6-10-12(16-7-9)11(15)13(17-10)8-4-2-1-3-5-8/h1-7H. The molecule has 0 fully saturated rings. The van der Waals surface area contributed by atoms with E-state index in [0.717, 1.165) is 26.0 Å². The van der Waals surface area contributed by atoms with Crippen LogP contribution in [0.5, 0.6) is 0 Å². The smallest absolute Gasteiger partial charge is 0.155 e. The normalized spacial score (nSPS) is 10.9. The molecule has 17 heavy (non-hydrogen) atoms. The SMILES string of the molecule is Clc1cnc2c(I)c(-c3ccccc3)oc2c1. The lowest BCUT2D eigenvalue weighted by Gasteiger charge is -1.95. The van der Waals surface area contributed by atoms with Gasteiger partial charge in [0.15, 0.2) is 5.58 Å². The zero-order valence-electron chi connectivity index (χ0n) is 8.65. The number of hydrogen-bond acceptors (Lipinski definition) is 2. The zero-order chi connectivity index (χ0) is 11.8. The highest BCUT2D eigenvalue weighted by Gasteiger charge is 2.14. The topological polar surface area (TPSA) is 26.0 Å². The van der Waals surface area contributed by atoms with Crippen molar-refractivity contribution in [2.75, 3.05) is 0 Å². The Balaban J connectivity index is 2.28. The van der Waals surface area contributed by atoms with Gasteiger partial charge in [-0.1, -0.05) is 41.9 Å². The van der Waals surface area contributed by atoms with Crippen LogP contribution in [0.4, 0.5) is 0 Å². The molecule has 0 unspecified atom stereocenters. The number of nitrogens with zero attached hydrogens (tertiary/aromatic N) is 1. The van der Waals surface area contributed by atoms with Crippen molar-refractivity contribution < 1.29 is 4.42 Å². The summed E-state index contributed by atoms with van der Waals surface area (Å²) in [6, 6.07) is 11.8. The molecule has 0 spiro atoms. The molecule has 84 valence electrons. The molecule has 0 atom stereocenters. The van der Waals surface area contributed by atoms with Crippen LogP contribution >= 0.6 is 34.2 Å². The summed E-state index contributed by atoms with van der Waals surface area (Å²) < 4.78 is 6.83. The number of halogens is 2. The van der Waals surface area contributed by atoms with Gasteiger partial charge in [0.05, 0.1) is 8.59 Å². The third kappa shape index (κ3) is 1.93. The van der Waals surface area contributed by atoms with Gasteiger partial charge in [0, 0.05) is 17.8 Å². The van der Waals surface area contributed by atoms with Gasteiger partial charge < -0.3 is 4.42 Å². The van der Waals surface area contributed by atoms with Crippen LogP contribution in [0.2, 0.25) is 5.02 Å². The fourth-order valence-corrected chi connectivity index (χ4v) is 2.68. The Morgan fingerprint density at radius 3 is 2.71 bits per heavy atom. The molecule has 0 amide bonds. The minimum absolute atomic E-state index is 0.585. The number of benzene rings is 1. The van der Waals surface area contributed by atoms with Gasteiger partial charge in [-0.2, -0.15) is 0 Å². The third-order valence-electron chi connectivity index (χ3n) is 2.47. The highest BCUT2D eigenvalue weighted by atomic mass is 127. The summed E-state index contributed by atoms with van der Waals surface area (Å²) in [6.45, 7) is 0. The first-order valence-corrected chi connectivity index (χ1v) is 6.50. The number of pyridine rings is 1. The molecule has 0 saturated carbocycles. The Morgan fingerprint density at radius 1 is 1.18 bits per heavy atom. The Morgan fingerprint density at radius 2 is 1.94 bits per heavy atom. The Hall–Kier alpha value is -1.07. The van der Waals surface area contributed by atoms with Crippen LogP contribution in [-0.2, 0) is 0 Å². The largest absolute Gasteiger partial charge is 0.453 e. The van der Waals surface area contributed by atoms with Crippen molar-refractivity contribution in [3.05, 3.63) is 51.2 Å².